The summed E-state index contributed by atoms with van der Waals surface area (Å²) in [5.41, 5.74) is 6.76. The number of rotatable bonds is 6. The molecule has 2 rings (SSSR count). The number of piperidine rings is 1. The van der Waals surface area contributed by atoms with Crippen LogP contribution in [-0.2, 0) is 6.42 Å². The van der Waals surface area contributed by atoms with Crippen LogP contribution < -0.4 is 10.5 Å². The van der Waals surface area contributed by atoms with Gasteiger partial charge in [0.25, 0.3) is 0 Å². The van der Waals surface area contributed by atoms with Crippen LogP contribution in [0, 0.1) is 0 Å². The van der Waals surface area contributed by atoms with Gasteiger partial charge in [0.15, 0.2) is 0 Å². The van der Waals surface area contributed by atoms with E-state index in [1.807, 2.05) is 12.1 Å². The maximum Gasteiger partial charge on any atom is 0.119 e. The molecule has 1 aliphatic heterocycles. The van der Waals surface area contributed by atoms with Gasteiger partial charge < -0.3 is 15.6 Å². The summed E-state index contributed by atoms with van der Waals surface area (Å²) in [5, 5.41) is 9.58. The second kappa shape index (κ2) is 7.48. The molecule has 1 saturated heterocycles. The third-order valence-electron chi connectivity index (χ3n) is 3.51. The summed E-state index contributed by atoms with van der Waals surface area (Å²) in [4.78, 5) is 2.26. The second-order valence-electron chi connectivity index (χ2n) is 5.13. The Bertz CT molecular complexity index is 367. The van der Waals surface area contributed by atoms with E-state index in [4.69, 9.17) is 10.5 Å². The topological polar surface area (TPSA) is 58.7 Å². The summed E-state index contributed by atoms with van der Waals surface area (Å²) < 4.78 is 5.72. The Morgan fingerprint density at radius 1 is 1.32 bits per heavy atom. The van der Waals surface area contributed by atoms with Gasteiger partial charge in [-0.1, -0.05) is 12.1 Å². The molecule has 1 aromatic carbocycles. The summed E-state index contributed by atoms with van der Waals surface area (Å²) >= 11 is 0. The van der Waals surface area contributed by atoms with Crippen LogP contribution in [0.15, 0.2) is 24.3 Å². The molecule has 19 heavy (non-hydrogen) atoms. The van der Waals surface area contributed by atoms with E-state index in [0.29, 0.717) is 13.2 Å². The van der Waals surface area contributed by atoms with Crippen LogP contribution in [0.2, 0.25) is 0 Å². The van der Waals surface area contributed by atoms with Gasteiger partial charge >= 0.3 is 0 Å². The van der Waals surface area contributed by atoms with Crippen LogP contribution in [0.1, 0.15) is 18.4 Å². The van der Waals surface area contributed by atoms with Gasteiger partial charge in [-0.2, -0.15) is 0 Å². The molecule has 106 valence electrons. The zero-order valence-corrected chi connectivity index (χ0v) is 11.4. The van der Waals surface area contributed by atoms with E-state index in [-0.39, 0.29) is 6.10 Å². The number of nitrogens with zero attached hydrogens (tertiary/aromatic N) is 1. The van der Waals surface area contributed by atoms with E-state index in [1.165, 1.54) is 5.56 Å². The number of benzene rings is 1. The fourth-order valence-corrected chi connectivity index (χ4v) is 2.45. The smallest absolute Gasteiger partial charge is 0.119 e. The molecule has 0 saturated carbocycles. The van der Waals surface area contributed by atoms with Crippen LogP contribution >= 0.6 is 0 Å². The summed E-state index contributed by atoms with van der Waals surface area (Å²) in [7, 11) is 0. The highest BCUT2D eigenvalue weighted by molar-refractivity contribution is 5.27. The number of likely N-dealkylation sites (tertiary alicyclic amines) is 1. The lowest BCUT2D eigenvalue weighted by atomic mass is 10.1. The lowest BCUT2D eigenvalue weighted by molar-refractivity contribution is 0.0633. The highest BCUT2D eigenvalue weighted by Crippen LogP contribution is 2.13. The third kappa shape index (κ3) is 4.82. The minimum atomic E-state index is -0.163. The van der Waals surface area contributed by atoms with E-state index in [0.717, 1.165) is 44.6 Å². The molecule has 0 bridgehead atoms. The largest absolute Gasteiger partial charge is 0.492 e. The number of aliphatic hydroxyl groups excluding tert-OH is 1. The van der Waals surface area contributed by atoms with Crippen molar-refractivity contribution in [2.45, 2.75) is 25.4 Å². The number of hydrogen-bond acceptors (Lipinski definition) is 4. The van der Waals surface area contributed by atoms with Crippen molar-refractivity contribution < 1.29 is 9.84 Å². The lowest BCUT2D eigenvalue weighted by Gasteiger charge is -2.29. The van der Waals surface area contributed by atoms with Crippen molar-refractivity contribution in [3.63, 3.8) is 0 Å². The van der Waals surface area contributed by atoms with Crippen LogP contribution in [0.25, 0.3) is 0 Å². The van der Waals surface area contributed by atoms with Gasteiger partial charge in [0.2, 0.25) is 0 Å². The fourth-order valence-electron chi connectivity index (χ4n) is 2.45. The molecular weight excluding hydrogens is 240 g/mol. The van der Waals surface area contributed by atoms with Crippen molar-refractivity contribution in [1.82, 2.24) is 4.90 Å². The maximum atomic E-state index is 9.58. The Morgan fingerprint density at radius 2 is 2.11 bits per heavy atom. The number of β-amino-alcohol motifs (C(OH)–C–C–N with tert-alkyl or cyclic N) is 1. The third-order valence-corrected chi connectivity index (χ3v) is 3.51. The maximum absolute atomic E-state index is 9.58. The standard InChI is InChI=1S/C15H24N2O2/c16-8-7-13-3-5-15(6-4-13)19-11-10-17-9-1-2-14(18)12-17/h3-6,14,18H,1-2,7-12,16H2. The Morgan fingerprint density at radius 3 is 2.79 bits per heavy atom. The highest BCUT2D eigenvalue weighted by Gasteiger charge is 2.16. The molecule has 1 fully saturated rings. The molecule has 0 spiro atoms. The first kappa shape index (κ1) is 14.3. The van der Waals surface area contributed by atoms with Crippen LogP contribution in [0.3, 0.4) is 0 Å². The van der Waals surface area contributed by atoms with Crippen molar-refractivity contribution in [3.05, 3.63) is 29.8 Å². The van der Waals surface area contributed by atoms with Crippen LogP contribution in [0.4, 0.5) is 0 Å². The molecule has 4 nitrogen and oxygen atoms in total. The molecule has 1 atom stereocenters. The minimum absolute atomic E-state index is 0.163. The first-order valence-corrected chi connectivity index (χ1v) is 7.10. The van der Waals surface area contributed by atoms with Gasteiger partial charge in [0.05, 0.1) is 6.10 Å². The van der Waals surface area contributed by atoms with Gasteiger partial charge in [-0.3, -0.25) is 4.90 Å². The minimum Gasteiger partial charge on any atom is -0.492 e. The Hall–Kier alpha value is -1.10. The predicted molar refractivity (Wildman–Crippen MR) is 76.4 cm³/mol. The second-order valence-corrected chi connectivity index (χ2v) is 5.13. The van der Waals surface area contributed by atoms with Gasteiger partial charge in [-0.05, 0) is 50.0 Å². The van der Waals surface area contributed by atoms with Crippen LogP contribution in [-0.4, -0.2) is 48.9 Å². The van der Waals surface area contributed by atoms with Gasteiger partial charge in [-0.25, -0.2) is 0 Å². The SMILES string of the molecule is NCCc1ccc(OCCN2CCCC(O)C2)cc1. The van der Waals surface area contributed by atoms with Crippen molar-refractivity contribution in [2.75, 3.05) is 32.8 Å². The number of hydrogen-bond donors (Lipinski definition) is 2. The molecule has 3 N–H and O–H groups in total. The number of nitrogens with two attached hydrogens (primary N) is 1. The Balaban J connectivity index is 1.70. The van der Waals surface area contributed by atoms with E-state index < -0.39 is 0 Å². The first-order valence-electron chi connectivity index (χ1n) is 7.10. The van der Waals surface area contributed by atoms with E-state index in [2.05, 4.69) is 17.0 Å². The monoisotopic (exact) mass is 264 g/mol. The quantitative estimate of drug-likeness (QED) is 0.805. The molecule has 0 aliphatic carbocycles. The molecule has 0 amide bonds. The van der Waals surface area contributed by atoms with Crippen molar-refractivity contribution in [2.24, 2.45) is 5.73 Å². The van der Waals surface area contributed by atoms with Gasteiger partial charge in [-0.15, -0.1) is 0 Å². The molecule has 4 heteroatoms. The zero-order valence-electron chi connectivity index (χ0n) is 11.4. The molecule has 1 aromatic rings. The summed E-state index contributed by atoms with van der Waals surface area (Å²) in [6.07, 6.45) is 2.75. The summed E-state index contributed by atoms with van der Waals surface area (Å²) in [5.74, 6) is 0.901. The highest BCUT2D eigenvalue weighted by atomic mass is 16.5. The number of ether oxygens (including phenoxy) is 1. The van der Waals surface area contributed by atoms with E-state index in [9.17, 15) is 5.11 Å². The fraction of sp³-hybridized carbons (Fsp3) is 0.600. The Kier molecular flexibility index (Phi) is 5.63. The summed E-state index contributed by atoms with van der Waals surface area (Å²) in [6.45, 7) is 4.07. The zero-order chi connectivity index (χ0) is 13.5. The molecule has 1 unspecified atom stereocenters. The molecular formula is C15H24N2O2. The van der Waals surface area contributed by atoms with Crippen molar-refractivity contribution >= 4 is 0 Å². The summed E-state index contributed by atoms with van der Waals surface area (Å²) in [6, 6.07) is 8.12. The van der Waals surface area contributed by atoms with Gasteiger partial charge in [0.1, 0.15) is 12.4 Å². The van der Waals surface area contributed by atoms with E-state index >= 15 is 0 Å². The lowest BCUT2D eigenvalue weighted by Crippen LogP contribution is -2.40. The number of aliphatic hydroxyl groups is 1. The normalized spacial score (nSPS) is 20.4. The molecule has 0 aromatic heterocycles. The van der Waals surface area contributed by atoms with Gasteiger partial charge in [0, 0.05) is 13.1 Å². The average molecular weight is 264 g/mol. The van der Waals surface area contributed by atoms with Crippen molar-refractivity contribution in [3.8, 4) is 5.75 Å². The molecule has 1 heterocycles. The first-order chi connectivity index (χ1) is 9.28. The van der Waals surface area contributed by atoms with Crippen LogP contribution in [0.5, 0.6) is 5.75 Å². The average Bonchev–Trinajstić information content (AvgIpc) is 2.41. The molecule has 0 radical (unpaired) electrons. The van der Waals surface area contributed by atoms with Crippen molar-refractivity contribution in [1.29, 1.82) is 0 Å². The van der Waals surface area contributed by atoms with E-state index in [1.54, 1.807) is 0 Å². The Labute approximate surface area is 115 Å². The molecule has 1 aliphatic rings. The predicted octanol–water partition coefficient (Wildman–Crippen LogP) is 1.02.